The molecule has 1 aromatic carbocycles. The first kappa shape index (κ1) is 12.0. The fourth-order valence-corrected chi connectivity index (χ4v) is 1.56. The van der Waals surface area contributed by atoms with E-state index >= 15 is 0 Å². The molecule has 0 spiro atoms. The van der Waals surface area contributed by atoms with Gasteiger partial charge >= 0.3 is 0 Å². The maximum atomic E-state index is 13.0. The Bertz CT molecular complexity index is 572. The minimum absolute atomic E-state index is 0.335. The number of nitrogens with one attached hydrogen (secondary N) is 2. The lowest BCUT2D eigenvalue weighted by molar-refractivity contribution is 0.102. The van der Waals surface area contributed by atoms with Crippen LogP contribution in [0.3, 0.4) is 0 Å². The van der Waals surface area contributed by atoms with Crippen molar-refractivity contribution in [2.24, 2.45) is 0 Å². The molecule has 0 aliphatic rings. The number of amides is 1. The Hall–Kier alpha value is -2.43. The van der Waals surface area contributed by atoms with E-state index < -0.39 is 5.82 Å². The van der Waals surface area contributed by atoms with Crippen LogP contribution in [-0.4, -0.2) is 17.9 Å². The van der Waals surface area contributed by atoms with Crippen molar-refractivity contribution in [1.82, 2.24) is 4.98 Å². The van der Waals surface area contributed by atoms with Crippen molar-refractivity contribution < 1.29 is 9.18 Å². The van der Waals surface area contributed by atoms with E-state index in [0.717, 1.165) is 0 Å². The first-order valence-electron chi connectivity index (χ1n) is 5.39. The highest BCUT2D eigenvalue weighted by atomic mass is 19.1. The summed E-state index contributed by atoms with van der Waals surface area (Å²) in [7, 11) is 1.72. The van der Waals surface area contributed by atoms with Gasteiger partial charge in [0, 0.05) is 30.8 Å². The molecule has 0 unspecified atom stereocenters. The van der Waals surface area contributed by atoms with Crippen LogP contribution in [0.4, 0.5) is 15.8 Å². The van der Waals surface area contributed by atoms with Gasteiger partial charge in [-0.25, -0.2) is 4.39 Å². The number of carbonyl (C=O) groups excluding carboxylic acids is 1. The summed E-state index contributed by atoms with van der Waals surface area (Å²) in [5, 5.41) is 5.51. The summed E-state index contributed by atoms with van der Waals surface area (Å²) in [6, 6.07) is 7.43. The van der Waals surface area contributed by atoms with Crippen molar-refractivity contribution >= 4 is 17.3 Å². The molecule has 0 saturated carbocycles. The lowest BCUT2D eigenvalue weighted by Gasteiger charge is -2.09. The second kappa shape index (κ2) is 5.27. The molecule has 0 bridgehead atoms. The number of carbonyl (C=O) groups is 1. The number of nitrogens with zero attached hydrogens (tertiary/aromatic N) is 1. The Labute approximate surface area is 104 Å². The third kappa shape index (κ3) is 2.63. The van der Waals surface area contributed by atoms with E-state index in [2.05, 4.69) is 15.6 Å². The van der Waals surface area contributed by atoms with Crippen LogP contribution in [0.25, 0.3) is 0 Å². The van der Waals surface area contributed by atoms with Crippen molar-refractivity contribution in [2.45, 2.75) is 0 Å². The van der Waals surface area contributed by atoms with Gasteiger partial charge in [-0.1, -0.05) is 6.07 Å². The smallest absolute Gasteiger partial charge is 0.259 e. The Kier molecular flexibility index (Phi) is 3.52. The maximum Gasteiger partial charge on any atom is 0.259 e. The monoisotopic (exact) mass is 245 g/mol. The molecule has 0 atom stereocenters. The fourth-order valence-electron chi connectivity index (χ4n) is 1.56. The first-order chi connectivity index (χ1) is 8.70. The second-order valence-corrected chi connectivity index (χ2v) is 3.64. The highest BCUT2D eigenvalue weighted by Crippen LogP contribution is 2.16. The van der Waals surface area contributed by atoms with Crippen LogP contribution in [0, 0.1) is 5.82 Å². The average Bonchev–Trinajstić information content (AvgIpc) is 2.38. The predicted octanol–water partition coefficient (Wildman–Crippen LogP) is 2.51. The zero-order chi connectivity index (χ0) is 13.0. The Balaban J connectivity index is 2.22. The van der Waals surface area contributed by atoms with E-state index in [0.29, 0.717) is 16.9 Å². The lowest BCUT2D eigenvalue weighted by atomic mass is 10.2. The largest absolute Gasteiger partial charge is 0.387 e. The van der Waals surface area contributed by atoms with Gasteiger partial charge in [-0.2, -0.15) is 0 Å². The third-order valence-electron chi connectivity index (χ3n) is 2.42. The number of rotatable bonds is 3. The summed E-state index contributed by atoms with van der Waals surface area (Å²) < 4.78 is 13.0. The molecule has 2 rings (SSSR count). The number of halogens is 1. The van der Waals surface area contributed by atoms with E-state index in [1.165, 1.54) is 24.4 Å². The van der Waals surface area contributed by atoms with Crippen molar-refractivity contribution in [1.29, 1.82) is 0 Å². The summed E-state index contributed by atoms with van der Waals surface area (Å²) in [6.07, 6.45) is 3.05. The van der Waals surface area contributed by atoms with Gasteiger partial charge in [0.2, 0.25) is 0 Å². The van der Waals surface area contributed by atoms with Gasteiger partial charge in [-0.05, 0) is 24.3 Å². The molecule has 0 aliphatic heterocycles. The second-order valence-electron chi connectivity index (χ2n) is 3.64. The summed E-state index contributed by atoms with van der Waals surface area (Å²) >= 11 is 0. The molecule has 1 aromatic heterocycles. The highest BCUT2D eigenvalue weighted by Gasteiger charge is 2.10. The normalized spacial score (nSPS) is 9.89. The van der Waals surface area contributed by atoms with E-state index in [9.17, 15) is 9.18 Å². The van der Waals surface area contributed by atoms with Crippen LogP contribution in [-0.2, 0) is 0 Å². The minimum atomic E-state index is -0.396. The standard InChI is InChI=1S/C13H12FN3O/c1-15-12-5-6-16-8-11(12)13(18)17-10-4-2-3-9(14)7-10/h2-8H,1H3,(H,15,16)(H,17,18). The van der Waals surface area contributed by atoms with E-state index in [4.69, 9.17) is 0 Å². The van der Waals surface area contributed by atoms with Gasteiger partial charge < -0.3 is 10.6 Å². The molecule has 1 amide bonds. The van der Waals surface area contributed by atoms with Crippen LogP contribution < -0.4 is 10.6 Å². The molecule has 0 aliphatic carbocycles. The quantitative estimate of drug-likeness (QED) is 0.873. The van der Waals surface area contributed by atoms with Crippen LogP contribution in [0.2, 0.25) is 0 Å². The lowest BCUT2D eigenvalue weighted by Crippen LogP contribution is -2.14. The highest BCUT2D eigenvalue weighted by molar-refractivity contribution is 6.07. The zero-order valence-electron chi connectivity index (χ0n) is 9.77. The predicted molar refractivity (Wildman–Crippen MR) is 68.1 cm³/mol. The number of aromatic nitrogens is 1. The molecule has 18 heavy (non-hydrogen) atoms. The summed E-state index contributed by atoms with van der Waals surface area (Å²) in [4.78, 5) is 15.9. The average molecular weight is 245 g/mol. The Morgan fingerprint density at radius 2 is 2.17 bits per heavy atom. The van der Waals surface area contributed by atoms with Gasteiger partial charge in [0.25, 0.3) is 5.91 Å². The number of benzene rings is 1. The van der Waals surface area contributed by atoms with Gasteiger partial charge in [0.1, 0.15) is 5.82 Å². The molecular formula is C13H12FN3O. The SMILES string of the molecule is CNc1ccncc1C(=O)Nc1cccc(F)c1. The van der Waals surface area contributed by atoms with Crippen LogP contribution in [0.5, 0.6) is 0 Å². The molecule has 2 aromatic rings. The topological polar surface area (TPSA) is 54.0 Å². The van der Waals surface area contributed by atoms with Gasteiger partial charge in [-0.3, -0.25) is 9.78 Å². The molecule has 92 valence electrons. The van der Waals surface area contributed by atoms with Gasteiger partial charge in [0.15, 0.2) is 0 Å². The summed E-state index contributed by atoms with van der Waals surface area (Å²) in [5.74, 6) is -0.731. The minimum Gasteiger partial charge on any atom is -0.387 e. The van der Waals surface area contributed by atoms with E-state index in [1.54, 1.807) is 25.4 Å². The van der Waals surface area contributed by atoms with E-state index in [-0.39, 0.29) is 5.91 Å². The Morgan fingerprint density at radius 3 is 2.89 bits per heavy atom. The van der Waals surface area contributed by atoms with Crippen molar-refractivity contribution in [3.05, 3.63) is 54.1 Å². The fraction of sp³-hybridized carbons (Fsp3) is 0.0769. The van der Waals surface area contributed by atoms with Gasteiger partial charge in [0.05, 0.1) is 5.56 Å². The summed E-state index contributed by atoms with van der Waals surface area (Å²) in [5.41, 5.74) is 1.48. The molecule has 0 saturated heterocycles. The number of anilines is 2. The molecule has 0 fully saturated rings. The summed E-state index contributed by atoms with van der Waals surface area (Å²) in [6.45, 7) is 0. The first-order valence-corrected chi connectivity index (χ1v) is 5.39. The molecular weight excluding hydrogens is 233 g/mol. The van der Waals surface area contributed by atoms with Gasteiger partial charge in [-0.15, -0.1) is 0 Å². The molecule has 5 heteroatoms. The molecule has 0 radical (unpaired) electrons. The van der Waals surface area contributed by atoms with Crippen LogP contribution in [0.1, 0.15) is 10.4 Å². The number of hydrogen-bond donors (Lipinski definition) is 2. The molecule has 4 nitrogen and oxygen atoms in total. The van der Waals surface area contributed by atoms with Crippen molar-refractivity contribution in [3.63, 3.8) is 0 Å². The van der Waals surface area contributed by atoms with Crippen molar-refractivity contribution in [3.8, 4) is 0 Å². The molecule has 1 heterocycles. The number of pyridine rings is 1. The third-order valence-corrected chi connectivity index (χ3v) is 2.42. The Morgan fingerprint density at radius 1 is 1.33 bits per heavy atom. The zero-order valence-corrected chi connectivity index (χ0v) is 9.77. The van der Waals surface area contributed by atoms with Crippen molar-refractivity contribution in [2.75, 3.05) is 17.7 Å². The number of hydrogen-bond acceptors (Lipinski definition) is 3. The van der Waals surface area contributed by atoms with E-state index in [1.807, 2.05) is 0 Å². The molecule has 2 N–H and O–H groups in total. The van der Waals surface area contributed by atoms with Crippen LogP contribution in [0.15, 0.2) is 42.7 Å². The maximum absolute atomic E-state index is 13.0. The van der Waals surface area contributed by atoms with Crippen LogP contribution >= 0.6 is 0 Å².